The highest BCUT2D eigenvalue weighted by Crippen LogP contribution is 2.48. The molecule has 2 aromatic heterocycles. The molecular formula is C29H20Cl2N2O6S. The predicted molar refractivity (Wildman–Crippen MR) is 149 cm³/mol. The minimum absolute atomic E-state index is 0.137. The number of nitrogens with zero attached hydrogens (tertiary/aromatic N) is 2. The Bertz CT molecular complexity index is 1780. The lowest BCUT2D eigenvalue weighted by Crippen LogP contribution is -2.37. The van der Waals surface area contributed by atoms with Crippen molar-refractivity contribution in [2.24, 2.45) is 0 Å². The zero-order valence-electron chi connectivity index (χ0n) is 20.7. The molecule has 1 saturated carbocycles. The van der Waals surface area contributed by atoms with Gasteiger partial charge in [0.1, 0.15) is 35.4 Å². The molecule has 1 fully saturated rings. The van der Waals surface area contributed by atoms with E-state index in [1.54, 1.807) is 42.5 Å². The molecule has 11 heteroatoms. The Hall–Kier alpha value is -3.63. The number of benzene rings is 2. The number of carboxylic acid groups (broad SMARTS) is 1. The average Bonchev–Trinajstić information content (AvgIpc) is 3.53. The molecule has 0 amide bonds. The van der Waals surface area contributed by atoms with Gasteiger partial charge in [-0.15, -0.1) is 11.3 Å². The van der Waals surface area contributed by atoms with Gasteiger partial charge in [-0.05, 0) is 55.3 Å². The predicted octanol–water partition coefficient (Wildman–Crippen LogP) is 6.98. The first kappa shape index (κ1) is 25.3. The van der Waals surface area contributed by atoms with E-state index in [-0.39, 0.29) is 24.7 Å². The third-order valence-electron chi connectivity index (χ3n) is 7.24. The molecule has 1 unspecified atom stereocenters. The van der Waals surface area contributed by atoms with Crippen molar-refractivity contribution in [3.05, 3.63) is 104 Å². The summed E-state index contributed by atoms with van der Waals surface area (Å²) < 4.78 is 18.3. The number of halogens is 2. The summed E-state index contributed by atoms with van der Waals surface area (Å²) in [6.07, 6.45) is 6.98. The van der Waals surface area contributed by atoms with Gasteiger partial charge in [-0.1, -0.05) is 34.4 Å². The standard InChI is InChI=1S/C29H20Cl2N2O6S/c30-20-2-1-3-21(31)24(20)25-19(26(39-33-25)14-4-5-14)13-38-18-9-16-11-37-12-17(10-18)29(16,36)28-32-22-7-6-15(27(34)35)8-23(22)40-28/h1-3,6-11,14,36H,4-5,12-13H2,(H,34,35). The summed E-state index contributed by atoms with van der Waals surface area (Å²) >= 11 is 14.2. The summed E-state index contributed by atoms with van der Waals surface area (Å²) in [7, 11) is 0. The van der Waals surface area contributed by atoms with Crippen LogP contribution in [0, 0.1) is 0 Å². The Balaban J connectivity index is 1.21. The van der Waals surface area contributed by atoms with E-state index in [2.05, 4.69) is 10.1 Å². The third-order valence-corrected chi connectivity index (χ3v) is 9.00. The monoisotopic (exact) mass is 594 g/mol. The van der Waals surface area contributed by atoms with E-state index in [0.29, 0.717) is 53.4 Å². The second-order valence-corrected chi connectivity index (χ2v) is 11.7. The number of ether oxygens (including phenoxy) is 2. The van der Waals surface area contributed by atoms with Crippen LogP contribution >= 0.6 is 34.5 Å². The van der Waals surface area contributed by atoms with Crippen LogP contribution < -0.4 is 0 Å². The number of hydrogen-bond acceptors (Lipinski definition) is 8. The van der Waals surface area contributed by atoms with Gasteiger partial charge >= 0.3 is 5.97 Å². The topological polar surface area (TPSA) is 115 Å². The highest BCUT2D eigenvalue weighted by molar-refractivity contribution is 7.18. The first-order chi connectivity index (χ1) is 19.3. The summed E-state index contributed by atoms with van der Waals surface area (Å²) in [4.78, 5) is 16.0. The van der Waals surface area contributed by atoms with Crippen LogP contribution in [0.25, 0.3) is 21.5 Å². The van der Waals surface area contributed by atoms with Crippen molar-refractivity contribution < 1.29 is 29.0 Å². The number of aliphatic hydroxyl groups is 1. The Labute approximate surface area is 241 Å². The number of thiazole rings is 1. The minimum atomic E-state index is -1.52. The zero-order valence-corrected chi connectivity index (χ0v) is 23.0. The van der Waals surface area contributed by atoms with Crippen LogP contribution in [-0.4, -0.2) is 32.9 Å². The summed E-state index contributed by atoms with van der Waals surface area (Å²) in [6.45, 7) is 0.297. The number of carbonyl (C=O) groups is 1. The van der Waals surface area contributed by atoms with E-state index in [9.17, 15) is 15.0 Å². The lowest BCUT2D eigenvalue weighted by atomic mass is 9.81. The number of allylic oxidation sites excluding steroid dienone is 1. The van der Waals surface area contributed by atoms with Crippen LogP contribution in [0.2, 0.25) is 10.0 Å². The van der Waals surface area contributed by atoms with E-state index in [0.717, 1.165) is 24.2 Å². The molecule has 0 saturated heterocycles. The average molecular weight is 595 g/mol. The molecule has 8 nitrogen and oxygen atoms in total. The summed E-state index contributed by atoms with van der Waals surface area (Å²) in [5.74, 6) is 0.555. The third kappa shape index (κ3) is 4.12. The first-order valence-corrected chi connectivity index (χ1v) is 14.1. The molecule has 3 heterocycles. The van der Waals surface area contributed by atoms with Crippen molar-refractivity contribution in [3.63, 3.8) is 0 Å². The lowest BCUT2D eigenvalue weighted by molar-refractivity contribution is 0.0696. The van der Waals surface area contributed by atoms with E-state index < -0.39 is 11.6 Å². The fraction of sp³-hybridized carbons (Fsp3) is 0.207. The molecule has 2 aromatic carbocycles. The van der Waals surface area contributed by atoms with Crippen LogP contribution in [-0.2, 0) is 21.7 Å². The van der Waals surface area contributed by atoms with Crippen molar-refractivity contribution in [2.75, 3.05) is 6.61 Å². The number of rotatable bonds is 7. The number of aromatic carboxylic acids is 1. The maximum atomic E-state index is 11.9. The SMILES string of the molecule is O=C(O)c1ccc2nc(C3(O)C4=COCC3=CC(OCc3c(-c5c(Cl)cccc5Cl)noc3C3CC3)=C4)sc2c1. The Morgan fingerprint density at radius 1 is 1.18 bits per heavy atom. The smallest absolute Gasteiger partial charge is 0.335 e. The van der Waals surface area contributed by atoms with Gasteiger partial charge in [-0.2, -0.15) is 0 Å². The van der Waals surface area contributed by atoms with Crippen molar-refractivity contribution >= 4 is 50.7 Å². The molecule has 2 aliphatic carbocycles. The molecular weight excluding hydrogens is 575 g/mol. The summed E-state index contributed by atoms with van der Waals surface area (Å²) in [5, 5.41) is 26.9. The van der Waals surface area contributed by atoms with Gasteiger partial charge in [-0.3, -0.25) is 0 Å². The fourth-order valence-corrected chi connectivity index (χ4v) is 6.74. The molecule has 2 bridgehead atoms. The maximum Gasteiger partial charge on any atom is 0.335 e. The molecule has 3 aliphatic rings. The van der Waals surface area contributed by atoms with Crippen molar-refractivity contribution in [3.8, 4) is 11.3 Å². The highest BCUT2D eigenvalue weighted by Gasteiger charge is 2.45. The normalized spacial score (nSPS) is 20.0. The summed E-state index contributed by atoms with van der Waals surface area (Å²) in [5.41, 5.74) is 2.20. The minimum Gasteiger partial charge on any atom is -0.496 e. The van der Waals surface area contributed by atoms with Gasteiger partial charge in [0, 0.05) is 22.6 Å². The highest BCUT2D eigenvalue weighted by atomic mass is 35.5. The van der Waals surface area contributed by atoms with Crippen molar-refractivity contribution in [1.82, 2.24) is 10.1 Å². The first-order valence-electron chi connectivity index (χ1n) is 12.5. The molecule has 1 atom stereocenters. The fourth-order valence-electron chi connectivity index (χ4n) is 5.01. The molecule has 1 aliphatic heterocycles. The van der Waals surface area contributed by atoms with E-state index in [1.807, 2.05) is 0 Å². The molecule has 0 radical (unpaired) electrons. The maximum absolute atomic E-state index is 11.9. The Kier molecular flexibility index (Phi) is 6.01. The number of fused-ring (bicyclic) bond motifs is 3. The van der Waals surface area contributed by atoms with Gasteiger partial charge in [-0.25, -0.2) is 9.78 Å². The second kappa shape index (κ2) is 9.49. The van der Waals surface area contributed by atoms with Gasteiger partial charge in [0.2, 0.25) is 0 Å². The van der Waals surface area contributed by atoms with Gasteiger partial charge < -0.3 is 24.2 Å². The van der Waals surface area contributed by atoms with Crippen LogP contribution in [0.3, 0.4) is 0 Å². The van der Waals surface area contributed by atoms with Crippen molar-refractivity contribution in [2.45, 2.75) is 31.0 Å². The van der Waals surface area contributed by atoms with Gasteiger partial charge in [0.05, 0.1) is 37.7 Å². The molecule has 7 rings (SSSR count). The van der Waals surface area contributed by atoms with Crippen molar-refractivity contribution in [1.29, 1.82) is 0 Å². The van der Waals surface area contributed by atoms with E-state index >= 15 is 0 Å². The van der Waals surface area contributed by atoms with E-state index in [4.69, 9.17) is 37.2 Å². The lowest BCUT2D eigenvalue weighted by Gasteiger charge is -2.36. The molecule has 0 spiro atoms. The quantitative estimate of drug-likeness (QED) is 0.235. The van der Waals surface area contributed by atoms with Crippen LogP contribution in [0.4, 0.5) is 0 Å². The van der Waals surface area contributed by atoms with Crippen LogP contribution in [0.5, 0.6) is 0 Å². The number of aromatic nitrogens is 2. The number of carboxylic acids is 1. The molecule has 40 heavy (non-hydrogen) atoms. The second-order valence-electron chi connectivity index (χ2n) is 9.85. The molecule has 2 N–H and O–H groups in total. The van der Waals surface area contributed by atoms with Gasteiger partial charge in [0.25, 0.3) is 0 Å². The summed E-state index contributed by atoms with van der Waals surface area (Å²) in [6, 6.07) is 9.99. The van der Waals surface area contributed by atoms with Crippen LogP contribution in [0.1, 0.15) is 45.4 Å². The molecule has 4 aromatic rings. The van der Waals surface area contributed by atoms with Crippen LogP contribution in [0.15, 0.2) is 76.2 Å². The zero-order chi connectivity index (χ0) is 27.6. The largest absolute Gasteiger partial charge is 0.496 e. The Morgan fingerprint density at radius 2 is 1.98 bits per heavy atom. The van der Waals surface area contributed by atoms with E-state index in [1.165, 1.54) is 23.7 Å². The van der Waals surface area contributed by atoms with Gasteiger partial charge in [0.15, 0.2) is 5.60 Å². The number of hydrogen-bond donors (Lipinski definition) is 2. The Morgan fingerprint density at radius 3 is 2.70 bits per heavy atom. The molecule has 202 valence electrons.